The van der Waals surface area contributed by atoms with Crippen LogP contribution in [0.4, 0.5) is 11.4 Å². The van der Waals surface area contributed by atoms with Gasteiger partial charge in [0.05, 0.1) is 0 Å². The van der Waals surface area contributed by atoms with Crippen molar-refractivity contribution in [1.82, 2.24) is 0 Å². The van der Waals surface area contributed by atoms with Crippen LogP contribution in [0.15, 0.2) is 140 Å². The van der Waals surface area contributed by atoms with Crippen molar-refractivity contribution in [1.29, 1.82) is 0 Å². The number of fused-ring (bicyclic) bond motifs is 3. The molecule has 0 saturated heterocycles. The molecule has 0 N–H and O–H groups in total. The van der Waals surface area contributed by atoms with Crippen molar-refractivity contribution in [2.75, 3.05) is 11.9 Å². The smallest absolute Gasteiger partial charge is 0.0408 e. The maximum atomic E-state index is 2.57. The molecule has 1 aliphatic carbocycles. The van der Waals surface area contributed by atoms with Gasteiger partial charge in [0.25, 0.3) is 0 Å². The van der Waals surface area contributed by atoms with Gasteiger partial charge in [-0.2, -0.15) is 0 Å². The summed E-state index contributed by atoms with van der Waals surface area (Å²) in [4.78, 5) is 2.28. The normalized spacial score (nSPS) is 12.8. The van der Waals surface area contributed by atoms with Crippen molar-refractivity contribution in [3.8, 4) is 44.5 Å². The molecule has 1 heteroatoms. The van der Waals surface area contributed by atoms with Crippen molar-refractivity contribution >= 4 is 11.4 Å². The summed E-state index contributed by atoms with van der Waals surface area (Å²) in [6, 6.07) is 52.5. The van der Waals surface area contributed by atoms with Gasteiger partial charge in [0.2, 0.25) is 0 Å². The number of aryl methyl sites for hydroxylation is 1. The lowest BCUT2D eigenvalue weighted by Gasteiger charge is -2.33. The maximum Gasteiger partial charge on any atom is 0.0408 e. The lowest BCUT2D eigenvalue weighted by Crippen LogP contribution is -2.25. The van der Waals surface area contributed by atoms with Gasteiger partial charge in [-0.25, -0.2) is 0 Å². The van der Waals surface area contributed by atoms with Crippen LogP contribution in [0.3, 0.4) is 0 Å². The minimum atomic E-state index is 0.0366. The highest BCUT2D eigenvalue weighted by Gasteiger charge is 2.42. The number of rotatable bonds is 15. The predicted molar refractivity (Wildman–Crippen MR) is 226 cm³/mol. The first kappa shape index (κ1) is 35.5. The summed E-state index contributed by atoms with van der Waals surface area (Å²) < 4.78 is 0. The largest absolute Gasteiger partial charge is 0.345 e. The summed E-state index contributed by atoms with van der Waals surface area (Å²) in [6.07, 6.45) is 12.7. The minimum Gasteiger partial charge on any atom is -0.345 e. The predicted octanol–water partition coefficient (Wildman–Crippen LogP) is 15.0. The Labute approximate surface area is 313 Å². The van der Waals surface area contributed by atoms with E-state index in [0.29, 0.717) is 0 Å². The van der Waals surface area contributed by atoms with Crippen LogP contribution in [0, 0.1) is 6.92 Å². The van der Waals surface area contributed by atoms with E-state index in [9.17, 15) is 0 Å². The number of nitrogens with zero attached hydrogens (tertiary/aromatic N) is 1. The van der Waals surface area contributed by atoms with E-state index in [-0.39, 0.29) is 5.41 Å². The molecule has 0 fully saturated rings. The molecule has 1 nitrogen and oxygen atoms in total. The van der Waals surface area contributed by atoms with E-state index in [1.54, 1.807) is 11.1 Å². The Morgan fingerprint density at radius 2 is 0.827 bits per heavy atom. The number of hydrogen-bond acceptors (Lipinski definition) is 1. The molecule has 264 valence electrons. The number of unbranched alkanes of at least 4 members (excludes halogenated alkanes) is 6. The van der Waals surface area contributed by atoms with Gasteiger partial charge in [-0.3, -0.25) is 0 Å². The fourth-order valence-corrected chi connectivity index (χ4v) is 8.51. The molecule has 52 heavy (non-hydrogen) atoms. The van der Waals surface area contributed by atoms with Gasteiger partial charge >= 0.3 is 0 Å². The van der Waals surface area contributed by atoms with Crippen LogP contribution in [-0.2, 0) is 5.41 Å². The van der Waals surface area contributed by atoms with Gasteiger partial charge < -0.3 is 4.90 Å². The van der Waals surface area contributed by atoms with Gasteiger partial charge in [0.15, 0.2) is 0 Å². The average molecular weight is 682 g/mol. The Morgan fingerprint density at radius 3 is 1.29 bits per heavy atom. The number of hydrogen-bond donors (Lipinski definition) is 0. The molecule has 0 radical (unpaired) electrons. The third-order valence-electron chi connectivity index (χ3n) is 11.6. The second-order valence-corrected chi connectivity index (χ2v) is 15.1. The molecule has 6 aromatic carbocycles. The second kappa shape index (κ2) is 16.2. The molecule has 0 saturated carbocycles. The Bertz CT molecular complexity index is 2040. The van der Waals surface area contributed by atoms with Crippen molar-refractivity contribution in [2.24, 2.45) is 0 Å². The molecule has 0 bridgehead atoms. The van der Waals surface area contributed by atoms with Gasteiger partial charge in [-0.05, 0) is 112 Å². The molecule has 6 aromatic rings. The van der Waals surface area contributed by atoms with Crippen molar-refractivity contribution in [3.05, 3.63) is 156 Å². The van der Waals surface area contributed by atoms with Crippen LogP contribution in [0.2, 0.25) is 0 Å². The van der Waals surface area contributed by atoms with E-state index in [2.05, 4.69) is 172 Å². The quantitative estimate of drug-likeness (QED) is 0.0975. The minimum absolute atomic E-state index is 0.0366. The van der Waals surface area contributed by atoms with Crippen LogP contribution >= 0.6 is 0 Å². The van der Waals surface area contributed by atoms with E-state index in [0.717, 1.165) is 0 Å². The molecule has 7 rings (SSSR count). The van der Waals surface area contributed by atoms with Gasteiger partial charge in [-0.1, -0.05) is 174 Å². The fourth-order valence-electron chi connectivity index (χ4n) is 8.51. The van der Waals surface area contributed by atoms with E-state index >= 15 is 0 Å². The number of anilines is 2. The van der Waals surface area contributed by atoms with Crippen LogP contribution in [-0.4, -0.2) is 7.05 Å². The summed E-state index contributed by atoms with van der Waals surface area (Å²) in [5.41, 5.74) is 17.4. The highest BCUT2D eigenvalue weighted by Crippen LogP contribution is 2.56. The van der Waals surface area contributed by atoms with E-state index < -0.39 is 0 Å². The Kier molecular flexibility index (Phi) is 11.1. The first-order valence-corrected chi connectivity index (χ1v) is 19.9. The lowest BCUT2D eigenvalue weighted by atomic mass is 9.70. The second-order valence-electron chi connectivity index (χ2n) is 15.1. The third-order valence-corrected chi connectivity index (χ3v) is 11.6. The summed E-state index contributed by atoms with van der Waals surface area (Å²) >= 11 is 0. The monoisotopic (exact) mass is 681 g/mol. The molecule has 0 spiro atoms. The van der Waals surface area contributed by atoms with Crippen molar-refractivity contribution in [2.45, 2.75) is 90.4 Å². The molecule has 0 aromatic heterocycles. The summed E-state index contributed by atoms with van der Waals surface area (Å²) in [5.74, 6) is 0. The molecule has 0 unspecified atom stereocenters. The third kappa shape index (κ3) is 7.38. The van der Waals surface area contributed by atoms with E-state index in [1.807, 2.05) is 0 Å². The van der Waals surface area contributed by atoms with Gasteiger partial charge in [0.1, 0.15) is 0 Å². The zero-order chi connectivity index (χ0) is 35.9. The molecule has 1 aliphatic rings. The number of benzene rings is 6. The molecular weight excluding hydrogens is 627 g/mol. The zero-order valence-electron chi connectivity index (χ0n) is 31.8. The lowest BCUT2D eigenvalue weighted by molar-refractivity contribution is 0.401. The van der Waals surface area contributed by atoms with Crippen molar-refractivity contribution in [3.63, 3.8) is 0 Å². The summed E-state index contributed by atoms with van der Waals surface area (Å²) in [6.45, 7) is 6.83. The topological polar surface area (TPSA) is 3.24 Å². The van der Waals surface area contributed by atoms with E-state index in [1.165, 1.54) is 126 Å². The van der Waals surface area contributed by atoms with Crippen LogP contribution in [0.5, 0.6) is 0 Å². The molecule has 0 aliphatic heterocycles. The van der Waals surface area contributed by atoms with E-state index in [4.69, 9.17) is 0 Å². The Morgan fingerprint density at radius 1 is 0.423 bits per heavy atom. The zero-order valence-corrected chi connectivity index (χ0v) is 31.8. The summed E-state index contributed by atoms with van der Waals surface area (Å²) in [5, 5.41) is 0. The molecule has 0 amide bonds. The average Bonchev–Trinajstić information content (AvgIpc) is 3.46. The van der Waals surface area contributed by atoms with Crippen LogP contribution < -0.4 is 4.90 Å². The highest BCUT2D eigenvalue weighted by molar-refractivity contribution is 5.86. The Balaban J connectivity index is 1.22. The highest BCUT2D eigenvalue weighted by atomic mass is 15.1. The molecular formula is C51H55N. The van der Waals surface area contributed by atoms with Gasteiger partial charge in [0, 0.05) is 23.8 Å². The first-order valence-electron chi connectivity index (χ1n) is 19.9. The Hall–Kier alpha value is -4.88. The maximum absolute atomic E-state index is 2.57. The van der Waals surface area contributed by atoms with Gasteiger partial charge in [-0.15, -0.1) is 0 Å². The SMILES string of the molecule is CCCCCCC1(CCCCCC)c2cc(-c3ccc(C)cc3)ccc2-c2ccc(-c3ccc(N(C)c4ccc(-c5ccccc5)cc4)cc3)cc21. The van der Waals surface area contributed by atoms with Crippen LogP contribution in [0.1, 0.15) is 94.7 Å². The standard InChI is InChI=1S/C51H55N/c1-5-7-9-14-34-51(35-15-10-8-6-2)49-36-43(41-20-18-38(3)19-21-41)26-32-47(49)48-33-27-44(37-50(48)51)42-24-30-46(31-25-42)52(4)45-28-22-40(23-29-45)39-16-12-11-13-17-39/h11-13,16-33,36-37H,5-10,14-15,34-35H2,1-4H3. The first-order chi connectivity index (χ1) is 25.5. The van der Waals surface area contributed by atoms with Crippen LogP contribution in [0.25, 0.3) is 44.5 Å². The molecule has 0 atom stereocenters. The summed E-state index contributed by atoms with van der Waals surface area (Å²) in [7, 11) is 2.16. The van der Waals surface area contributed by atoms with Crippen molar-refractivity contribution < 1.29 is 0 Å². The fraction of sp³-hybridized carbons (Fsp3) is 0.294. The molecule has 0 heterocycles.